The lowest BCUT2D eigenvalue weighted by Crippen LogP contribution is -2.62. The lowest BCUT2D eigenvalue weighted by atomic mass is 10.0. The highest BCUT2D eigenvalue weighted by Crippen LogP contribution is 2.20. The van der Waals surface area contributed by atoms with Crippen LogP contribution in [0.15, 0.2) is 30.3 Å². The molecule has 1 aromatic rings. The minimum absolute atomic E-state index is 0.0227. The molecule has 0 saturated carbocycles. The summed E-state index contributed by atoms with van der Waals surface area (Å²) in [5.74, 6) is 0. The van der Waals surface area contributed by atoms with E-state index in [9.17, 15) is 4.39 Å². The zero-order valence-corrected chi connectivity index (χ0v) is 11.2. The van der Waals surface area contributed by atoms with Crippen LogP contribution in [-0.4, -0.2) is 61.4 Å². The molecule has 0 spiro atoms. The molecule has 0 aromatic heterocycles. The molecule has 0 amide bonds. The van der Waals surface area contributed by atoms with E-state index in [-0.39, 0.29) is 12.7 Å². The van der Waals surface area contributed by atoms with Crippen LogP contribution in [0.5, 0.6) is 0 Å². The van der Waals surface area contributed by atoms with E-state index in [1.807, 2.05) is 18.2 Å². The molecule has 4 heteroatoms. The lowest BCUT2D eigenvalue weighted by molar-refractivity contribution is -0.0692. The average molecular weight is 264 g/mol. The van der Waals surface area contributed by atoms with E-state index in [0.29, 0.717) is 6.04 Å². The molecule has 2 heterocycles. The normalized spacial score (nSPS) is 29.1. The molecule has 3 rings (SSSR count). The number of ether oxygens (including phenoxy) is 1. The highest BCUT2D eigenvalue weighted by Gasteiger charge is 2.35. The zero-order valence-electron chi connectivity index (χ0n) is 11.2. The Morgan fingerprint density at radius 2 is 2.05 bits per heavy atom. The first-order valence-corrected chi connectivity index (χ1v) is 7.02. The van der Waals surface area contributed by atoms with E-state index in [4.69, 9.17) is 4.74 Å². The number of halogens is 1. The van der Waals surface area contributed by atoms with E-state index >= 15 is 0 Å². The van der Waals surface area contributed by atoms with Gasteiger partial charge in [-0.05, 0) is 5.56 Å². The number of hydrogen-bond acceptors (Lipinski definition) is 3. The summed E-state index contributed by atoms with van der Waals surface area (Å²) >= 11 is 0. The molecular weight excluding hydrogens is 243 g/mol. The van der Waals surface area contributed by atoms with Crippen LogP contribution >= 0.6 is 0 Å². The minimum atomic E-state index is -0.267. The summed E-state index contributed by atoms with van der Waals surface area (Å²) in [7, 11) is 0. The van der Waals surface area contributed by atoms with Gasteiger partial charge in [-0.25, -0.2) is 4.39 Å². The highest BCUT2D eigenvalue weighted by molar-refractivity contribution is 5.15. The Bertz CT molecular complexity index is 400. The topological polar surface area (TPSA) is 15.7 Å². The third-order valence-corrected chi connectivity index (χ3v) is 4.16. The number of alkyl halides is 1. The SMILES string of the molecule is FCC1CN2CCOCC2CN1Cc1ccccc1. The Morgan fingerprint density at radius 3 is 2.84 bits per heavy atom. The fourth-order valence-corrected chi connectivity index (χ4v) is 3.06. The maximum atomic E-state index is 13.3. The van der Waals surface area contributed by atoms with E-state index in [1.54, 1.807) is 0 Å². The third kappa shape index (κ3) is 2.96. The van der Waals surface area contributed by atoms with Crippen molar-refractivity contribution in [3.63, 3.8) is 0 Å². The molecule has 19 heavy (non-hydrogen) atoms. The third-order valence-electron chi connectivity index (χ3n) is 4.16. The predicted octanol–water partition coefficient (Wildman–Crippen LogP) is 1.54. The second-order valence-electron chi connectivity index (χ2n) is 5.45. The van der Waals surface area contributed by atoms with Crippen molar-refractivity contribution in [1.29, 1.82) is 0 Å². The molecule has 2 aliphatic heterocycles. The molecule has 104 valence electrons. The summed E-state index contributed by atoms with van der Waals surface area (Å²) in [6.45, 7) is 4.82. The molecule has 0 radical (unpaired) electrons. The molecule has 2 fully saturated rings. The van der Waals surface area contributed by atoms with Gasteiger partial charge in [0.15, 0.2) is 0 Å². The fourth-order valence-electron chi connectivity index (χ4n) is 3.06. The second kappa shape index (κ2) is 5.99. The molecular formula is C15H21FN2O. The van der Waals surface area contributed by atoms with Gasteiger partial charge in [0.05, 0.1) is 19.3 Å². The Labute approximate surface area is 114 Å². The number of benzene rings is 1. The van der Waals surface area contributed by atoms with Crippen molar-refractivity contribution in [2.45, 2.75) is 18.6 Å². The summed E-state index contributed by atoms with van der Waals surface area (Å²) in [5.41, 5.74) is 1.26. The number of morpholine rings is 1. The number of rotatable bonds is 3. The predicted molar refractivity (Wildman–Crippen MR) is 72.8 cm³/mol. The van der Waals surface area contributed by atoms with Gasteiger partial charge < -0.3 is 4.74 Å². The Balaban J connectivity index is 1.68. The molecule has 0 aliphatic carbocycles. The van der Waals surface area contributed by atoms with Crippen molar-refractivity contribution in [1.82, 2.24) is 9.80 Å². The minimum Gasteiger partial charge on any atom is -0.378 e. The molecule has 3 nitrogen and oxygen atoms in total. The molecule has 0 N–H and O–H groups in total. The van der Waals surface area contributed by atoms with E-state index in [0.717, 1.165) is 39.4 Å². The van der Waals surface area contributed by atoms with Crippen molar-refractivity contribution >= 4 is 0 Å². The van der Waals surface area contributed by atoms with Crippen LogP contribution in [0.2, 0.25) is 0 Å². The van der Waals surface area contributed by atoms with Crippen LogP contribution in [0.4, 0.5) is 4.39 Å². The van der Waals surface area contributed by atoms with Crippen LogP contribution in [-0.2, 0) is 11.3 Å². The molecule has 2 aliphatic rings. The van der Waals surface area contributed by atoms with Gasteiger partial charge in [0.1, 0.15) is 6.67 Å². The summed E-state index contributed by atoms with van der Waals surface area (Å²) in [5, 5.41) is 0. The van der Waals surface area contributed by atoms with Crippen molar-refractivity contribution in [3.05, 3.63) is 35.9 Å². The van der Waals surface area contributed by atoms with Gasteiger partial charge in [-0.1, -0.05) is 30.3 Å². The maximum Gasteiger partial charge on any atom is 0.106 e. The average Bonchev–Trinajstić information content (AvgIpc) is 2.47. The first-order chi connectivity index (χ1) is 9.36. The van der Waals surface area contributed by atoms with E-state index in [1.165, 1.54) is 5.56 Å². The highest BCUT2D eigenvalue weighted by atomic mass is 19.1. The molecule has 1 aromatic carbocycles. The van der Waals surface area contributed by atoms with Gasteiger partial charge in [0, 0.05) is 32.2 Å². The van der Waals surface area contributed by atoms with Crippen molar-refractivity contribution in [3.8, 4) is 0 Å². The van der Waals surface area contributed by atoms with E-state index < -0.39 is 0 Å². The molecule has 0 bridgehead atoms. The molecule has 2 unspecified atom stereocenters. The number of hydrogen-bond donors (Lipinski definition) is 0. The van der Waals surface area contributed by atoms with Crippen molar-refractivity contribution in [2.75, 3.05) is 39.5 Å². The second-order valence-corrected chi connectivity index (χ2v) is 5.45. The first-order valence-electron chi connectivity index (χ1n) is 7.02. The Kier molecular flexibility index (Phi) is 4.11. The number of nitrogens with zero attached hydrogens (tertiary/aromatic N) is 2. The van der Waals surface area contributed by atoms with Gasteiger partial charge in [-0.3, -0.25) is 9.80 Å². The first kappa shape index (κ1) is 13.0. The van der Waals surface area contributed by atoms with Gasteiger partial charge >= 0.3 is 0 Å². The van der Waals surface area contributed by atoms with Gasteiger partial charge in [-0.15, -0.1) is 0 Å². The van der Waals surface area contributed by atoms with E-state index in [2.05, 4.69) is 21.9 Å². The summed E-state index contributed by atoms with van der Waals surface area (Å²) in [6, 6.07) is 10.8. The monoisotopic (exact) mass is 264 g/mol. The van der Waals surface area contributed by atoms with Crippen LogP contribution < -0.4 is 0 Å². The van der Waals surface area contributed by atoms with Gasteiger partial charge in [0.2, 0.25) is 0 Å². The summed E-state index contributed by atoms with van der Waals surface area (Å²) in [6.07, 6.45) is 0. The molecule has 2 atom stereocenters. The molecule has 2 saturated heterocycles. The lowest BCUT2D eigenvalue weighted by Gasteiger charge is -2.47. The number of piperazine rings is 1. The Hall–Kier alpha value is -0.970. The van der Waals surface area contributed by atoms with Crippen LogP contribution in [0.1, 0.15) is 5.56 Å². The summed E-state index contributed by atoms with van der Waals surface area (Å²) < 4.78 is 18.8. The Morgan fingerprint density at radius 1 is 1.21 bits per heavy atom. The van der Waals surface area contributed by atoms with Crippen LogP contribution in [0.25, 0.3) is 0 Å². The number of fused-ring (bicyclic) bond motifs is 1. The quantitative estimate of drug-likeness (QED) is 0.823. The van der Waals surface area contributed by atoms with Gasteiger partial charge in [-0.2, -0.15) is 0 Å². The standard InChI is InChI=1S/C15H21FN2O/c16-8-14-10-17-6-7-19-12-15(17)11-18(14)9-13-4-2-1-3-5-13/h1-5,14-15H,6-12H2. The van der Waals surface area contributed by atoms with Crippen molar-refractivity contribution in [2.24, 2.45) is 0 Å². The largest absolute Gasteiger partial charge is 0.378 e. The smallest absolute Gasteiger partial charge is 0.106 e. The van der Waals surface area contributed by atoms with Gasteiger partial charge in [0.25, 0.3) is 0 Å². The zero-order chi connectivity index (χ0) is 13.1. The van der Waals surface area contributed by atoms with Crippen LogP contribution in [0.3, 0.4) is 0 Å². The van der Waals surface area contributed by atoms with Crippen molar-refractivity contribution < 1.29 is 9.13 Å². The van der Waals surface area contributed by atoms with Crippen LogP contribution in [0, 0.1) is 0 Å². The summed E-state index contributed by atoms with van der Waals surface area (Å²) in [4.78, 5) is 4.65. The fraction of sp³-hybridized carbons (Fsp3) is 0.600. The maximum absolute atomic E-state index is 13.3.